The van der Waals surface area contributed by atoms with Gasteiger partial charge in [0.05, 0.1) is 52.4 Å². The van der Waals surface area contributed by atoms with Crippen LogP contribution in [0.3, 0.4) is 0 Å². The van der Waals surface area contributed by atoms with E-state index in [1.54, 1.807) is 23.3 Å². The van der Waals surface area contributed by atoms with Crippen molar-refractivity contribution in [1.29, 1.82) is 0 Å². The van der Waals surface area contributed by atoms with Crippen LogP contribution in [0.5, 0.6) is 0 Å². The van der Waals surface area contributed by atoms with Crippen molar-refractivity contribution in [3.05, 3.63) is 89.4 Å². The summed E-state index contributed by atoms with van der Waals surface area (Å²) in [7, 11) is 5.09. The van der Waals surface area contributed by atoms with E-state index in [1.165, 1.54) is 7.11 Å². The summed E-state index contributed by atoms with van der Waals surface area (Å²) in [6.45, 7) is 1.92. The number of rotatable bonds is 5. The summed E-state index contributed by atoms with van der Waals surface area (Å²) in [5.74, 6) is -0.864. The largest absolute Gasteiger partial charge is 0.464 e. The van der Waals surface area contributed by atoms with E-state index in [1.807, 2.05) is 68.1 Å². The molecule has 0 aromatic carbocycles. The van der Waals surface area contributed by atoms with Crippen molar-refractivity contribution in [2.45, 2.75) is 12.8 Å². The lowest BCUT2D eigenvalue weighted by molar-refractivity contribution is 0.0589. The molecular formula is C27H24N8O2. The number of nitrogens with one attached hydrogen (secondary N) is 1. The van der Waals surface area contributed by atoms with Gasteiger partial charge in [-0.15, -0.1) is 5.10 Å². The second kappa shape index (κ2) is 8.66. The van der Waals surface area contributed by atoms with Crippen LogP contribution in [-0.4, -0.2) is 52.6 Å². The van der Waals surface area contributed by atoms with E-state index in [0.29, 0.717) is 5.69 Å². The van der Waals surface area contributed by atoms with Crippen molar-refractivity contribution in [2.24, 2.45) is 14.1 Å². The molecule has 0 atom stereocenters. The molecule has 0 aliphatic carbocycles. The van der Waals surface area contributed by atoms with Crippen molar-refractivity contribution < 1.29 is 9.53 Å². The number of hydrogen-bond donors (Lipinski definition) is 1. The molecule has 6 rings (SSSR count). The average molecular weight is 493 g/mol. The molecule has 0 fully saturated rings. The fourth-order valence-electron chi connectivity index (χ4n) is 5.14. The minimum Gasteiger partial charge on any atom is -0.464 e. The quantitative estimate of drug-likeness (QED) is 0.363. The second-order valence-electron chi connectivity index (χ2n) is 8.87. The highest BCUT2D eigenvalue weighted by molar-refractivity contribution is 6.10. The first-order chi connectivity index (χ1) is 18.0. The van der Waals surface area contributed by atoms with Gasteiger partial charge in [-0.25, -0.2) is 9.48 Å². The number of methoxy groups -OCH3 is 1. The molecule has 0 bridgehead atoms. The van der Waals surface area contributed by atoms with Crippen molar-refractivity contribution in [1.82, 2.24) is 39.5 Å². The van der Waals surface area contributed by atoms with E-state index < -0.39 is 11.9 Å². The third-order valence-corrected chi connectivity index (χ3v) is 6.71. The smallest absolute Gasteiger partial charge is 0.355 e. The van der Waals surface area contributed by atoms with Gasteiger partial charge in [0.25, 0.3) is 0 Å². The lowest BCUT2D eigenvalue weighted by Crippen LogP contribution is -2.15. The van der Waals surface area contributed by atoms with E-state index in [-0.39, 0.29) is 0 Å². The van der Waals surface area contributed by atoms with Gasteiger partial charge < -0.3 is 14.3 Å². The molecule has 0 spiro atoms. The highest BCUT2D eigenvalue weighted by Crippen LogP contribution is 2.41. The molecule has 0 saturated heterocycles. The first-order valence-corrected chi connectivity index (χ1v) is 11.8. The number of nitrogens with zero attached hydrogens (tertiary/aromatic N) is 7. The maximum Gasteiger partial charge on any atom is 0.355 e. The number of H-pyrrole nitrogens is 1. The van der Waals surface area contributed by atoms with Gasteiger partial charge in [-0.05, 0) is 37.3 Å². The molecule has 0 aliphatic rings. The Labute approximate surface area is 212 Å². The average Bonchev–Trinajstić information content (AvgIpc) is 3.55. The molecule has 10 nitrogen and oxygen atoms in total. The topological polar surface area (TPSA) is 116 Å². The van der Waals surface area contributed by atoms with Crippen LogP contribution in [0.25, 0.3) is 33.3 Å². The second-order valence-corrected chi connectivity index (χ2v) is 8.87. The normalized spacial score (nSPS) is 11.6. The zero-order chi connectivity index (χ0) is 25.7. The minimum absolute atomic E-state index is 0.420. The molecule has 6 aromatic heterocycles. The molecule has 6 heterocycles. The Balaban J connectivity index is 1.68. The lowest BCUT2D eigenvalue weighted by atomic mass is 9.90. The number of hydrogen-bond acceptors (Lipinski definition) is 7. The number of fused-ring (bicyclic) bond motifs is 3. The number of aromatic nitrogens is 8. The molecule has 0 unspecified atom stereocenters. The maximum absolute atomic E-state index is 13.2. The molecule has 0 amide bonds. The first-order valence-electron chi connectivity index (χ1n) is 11.8. The van der Waals surface area contributed by atoms with Crippen LogP contribution in [0.1, 0.15) is 39.1 Å². The fraction of sp³-hybridized carbons (Fsp3) is 0.185. The van der Waals surface area contributed by atoms with E-state index >= 15 is 0 Å². The molecule has 0 radical (unpaired) electrons. The number of esters is 1. The van der Waals surface area contributed by atoms with E-state index in [2.05, 4.69) is 25.3 Å². The summed E-state index contributed by atoms with van der Waals surface area (Å²) in [5.41, 5.74) is 8.45. The molecule has 0 saturated carbocycles. The number of ether oxygens (including phenoxy) is 1. The van der Waals surface area contributed by atoms with Crippen LogP contribution in [0, 0.1) is 6.92 Å². The van der Waals surface area contributed by atoms with Crippen LogP contribution in [0.2, 0.25) is 0 Å². The van der Waals surface area contributed by atoms with Crippen molar-refractivity contribution in [3.8, 4) is 11.3 Å². The summed E-state index contributed by atoms with van der Waals surface area (Å²) in [5, 5.41) is 8.29. The zero-order valence-electron chi connectivity index (χ0n) is 20.8. The molecular weight excluding hydrogens is 468 g/mol. The summed E-state index contributed by atoms with van der Waals surface area (Å²) >= 11 is 0. The standard InChI is InChI=1S/C27H24N8O2/c1-15-24(35(3)33-32-15)16-13-19-22(30-14-16)26-23(31-19)21(25(34(26)2)27(36)37-4)20(17-9-5-7-11-28-17)18-10-6-8-12-29-18/h5-14,20,31H,1-4H3. The van der Waals surface area contributed by atoms with Gasteiger partial charge in [-0.2, -0.15) is 0 Å². The van der Waals surface area contributed by atoms with Crippen molar-refractivity contribution in [2.75, 3.05) is 7.11 Å². The van der Waals surface area contributed by atoms with Crippen LogP contribution in [0.4, 0.5) is 0 Å². The predicted molar refractivity (Wildman–Crippen MR) is 138 cm³/mol. The molecule has 10 heteroatoms. The van der Waals surface area contributed by atoms with Gasteiger partial charge >= 0.3 is 5.97 Å². The van der Waals surface area contributed by atoms with E-state index in [9.17, 15) is 4.79 Å². The monoisotopic (exact) mass is 492 g/mol. The van der Waals surface area contributed by atoms with Crippen LogP contribution in [-0.2, 0) is 18.8 Å². The predicted octanol–water partition coefficient (Wildman–Crippen LogP) is 3.92. The lowest BCUT2D eigenvalue weighted by Gasteiger charge is -2.17. The van der Waals surface area contributed by atoms with Crippen LogP contribution >= 0.6 is 0 Å². The van der Waals surface area contributed by atoms with Crippen LogP contribution in [0.15, 0.2) is 61.1 Å². The zero-order valence-corrected chi connectivity index (χ0v) is 20.8. The van der Waals surface area contributed by atoms with Gasteiger partial charge in [0, 0.05) is 43.8 Å². The Morgan fingerprint density at radius 2 is 1.73 bits per heavy atom. The van der Waals surface area contributed by atoms with Gasteiger partial charge in [0.1, 0.15) is 11.2 Å². The van der Waals surface area contributed by atoms with E-state index in [4.69, 9.17) is 9.72 Å². The Hall–Kier alpha value is -4.86. The summed E-state index contributed by atoms with van der Waals surface area (Å²) in [6.07, 6.45) is 5.29. The van der Waals surface area contributed by atoms with Gasteiger partial charge in [0.2, 0.25) is 0 Å². The Kier molecular flexibility index (Phi) is 5.29. The van der Waals surface area contributed by atoms with Crippen LogP contribution < -0.4 is 0 Å². The SMILES string of the molecule is COC(=O)c1c(C(c2ccccn2)c2ccccn2)c2[nH]c3cc(-c4c(C)nnn4C)cnc3c2n1C. The fourth-order valence-corrected chi connectivity index (χ4v) is 5.14. The highest BCUT2D eigenvalue weighted by atomic mass is 16.5. The Morgan fingerprint density at radius 3 is 2.30 bits per heavy atom. The number of aryl methyl sites for hydroxylation is 3. The molecule has 1 N–H and O–H groups in total. The summed E-state index contributed by atoms with van der Waals surface area (Å²) in [6, 6.07) is 13.5. The van der Waals surface area contributed by atoms with Gasteiger partial charge in [0.15, 0.2) is 0 Å². The summed E-state index contributed by atoms with van der Waals surface area (Å²) < 4.78 is 8.81. The minimum atomic E-state index is -0.444. The number of carbonyl (C=O) groups excluding carboxylic acids is 1. The number of carbonyl (C=O) groups is 1. The van der Waals surface area contributed by atoms with Crippen molar-refractivity contribution in [3.63, 3.8) is 0 Å². The van der Waals surface area contributed by atoms with Crippen molar-refractivity contribution >= 4 is 28.0 Å². The van der Waals surface area contributed by atoms with E-state index in [0.717, 1.165) is 56.0 Å². The first kappa shape index (κ1) is 22.6. The summed E-state index contributed by atoms with van der Waals surface area (Å²) in [4.78, 5) is 30.8. The third-order valence-electron chi connectivity index (χ3n) is 6.71. The molecule has 184 valence electrons. The third kappa shape index (κ3) is 3.48. The maximum atomic E-state index is 13.2. The number of aromatic amines is 1. The van der Waals surface area contributed by atoms with Gasteiger partial charge in [-0.3, -0.25) is 15.0 Å². The Morgan fingerprint density at radius 1 is 1.03 bits per heavy atom. The molecule has 0 aliphatic heterocycles. The molecule has 37 heavy (non-hydrogen) atoms. The van der Waals surface area contributed by atoms with Gasteiger partial charge in [-0.1, -0.05) is 17.3 Å². The Bertz CT molecular complexity index is 1710. The highest BCUT2D eigenvalue weighted by Gasteiger charge is 2.33. The molecule has 6 aromatic rings. The number of pyridine rings is 3.